The second kappa shape index (κ2) is 9.97. The summed E-state index contributed by atoms with van der Waals surface area (Å²) in [5, 5.41) is 9.22. The number of rotatable bonds is 7. The molecule has 9 heteroatoms. The quantitative estimate of drug-likeness (QED) is 0.427. The molecule has 1 aliphatic rings. The highest BCUT2D eigenvalue weighted by Gasteiger charge is 2.32. The number of amides is 1. The van der Waals surface area contributed by atoms with E-state index >= 15 is 0 Å². The third-order valence-electron chi connectivity index (χ3n) is 6.45. The lowest BCUT2D eigenvalue weighted by Crippen LogP contribution is -2.41. The zero-order chi connectivity index (χ0) is 24.3. The molecule has 4 aromatic rings. The van der Waals surface area contributed by atoms with E-state index in [2.05, 4.69) is 15.4 Å². The van der Waals surface area contributed by atoms with Crippen molar-refractivity contribution in [2.24, 2.45) is 5.92 Å². The summed E-state index contributed by atoms with van der Waals surface area (Å²) in [5.41, 5.74) is 1.17. The fraction of sp³-hybridized carbons (Fsp3) is 0.269. The summed E-state index contributed by atoms with van der Waals surface area (Å²) in [7, 11) is -3.61. The molecule has 1 N–H and O–H groups in total. The first kappa shape index (κ1) is 23.2. The normalized spacial score (nSPS) is 15.3. The Hall–Kier alpha value is -3.56. The second-order valence-electron chi connectivity index (χ2n) is 8.75. The van der Waals surface area contributed by atoms with Crippen molar-refractivity contribution in [3.63, 3.8) is 0 Å². The molecule has 0 aliphatic carbocycles. The number of aromatic nitrogens is 3. The van der Waals surface area contributed by atoms with Gasteiger partial charge in [0.2, 0.25) is 15.9 Å². The van der Waals surface area contributed by atoms with Crippen molar-refractivity contribution in [2.75, 3.05) is 18.4 Å². The molecule has 0 radical (unpaired) electrons. The molecular weight excluding hydrogens is 462 g/mol. The van der Waals surface area contributed by atoms with Gasteiger partial charge in [-0.05, 0) is 59.9 Å². The Morgan fingerprint density at radius 3 is 2.49 bits per heavy atom. The molecule has 0 unspecified atom stereocenters. The number of hydrogen-bond donors (Lipinski definition) is 1. The third kappa shape index (κ3) is 5.26. The highest BCUT2D eigenvalue weighted by molar-refractivity contribution is 7.89. The highest BCUT2D eigenvalue weighted by atomic mass is 32.2. The molecule has 1 aliphatic heterocycles. The van der Waals surface area contributed by atoms with Gasteiger partial charge in [-0.3, -0.25) is 14.5 Å². The van der Waals surface area contributed by atoms with Gasteiger partial charge in [-0.1, -0.05) is 30.3 Å². The molecule has 8 nitrogen and oxygen atoms in total. The van der Waals surface area contributed by atoms with E-state index in [0.717, 1.165) is 17.2 Å². The summed E-state index contributed by atoms with van der Waals surface area (Å²) in [6.45, 7) is 1.33. The molecule has 0 bridgehead atoms. The third-order valence-corrected chi connectivity index (χ3v) is 8.35. The number of piperidine rings is 1. The van der Waals surface area contributed by atoms with Crippen molar-refractivity contribution in [3.8, 4) is 0 Å². The number of nitrogens with one attached hydrogen (secondary N) is 1. The Bertz CT molecular complexity index is 1430. The van der Waals surface area contributed by atoms with E-state index in [4.69, 9.17) is 0 Å². The molecule has 2 aromatic carbocycles. The number of hydrogen-bond acceptors (Lipinski definition) is 5. The van der Waals surface area contributed by atoms with Crippen molar-refractivity contribution in [3.05, 3.63) is 84.8 Å². The number of benzene rings is 2. The number of nitrogens with zero attached hydrogens (tertiary/aromatic N) is 4. The summed E-state index contributed by atoms with van der Waals surface area (Å²) in [6, 6.07) is 18.6. The van der Waals surface area contributed by atoms with Gasteiger partial charge in [0.1, 0.15) is 0 Å². The zero-order valence-electron chi connectivity index (χ0n) is 19.2. The van der Waals surface area contributed by atoms with Crippen LogP contribution in [0.5, 0.6) is 0 Å². The van der Waals surface area contributed by atoms with E-state index in [-0.39, 0.29) is 16.7 Å². The van der Waals surface area contributed by atoms with Crippen LogP contribution in [0.3, 0.4) is 0 Å². The average Bonchev–Trinajstić information content (AvgIpc) is 3.35. The number of pyridine rings is 1. The van der Waals surface area contributed by atoms with Gasteiger partial charge in [-0.2, -0.15) is 9.40 Å². The van der Waals surface area contributed by atoms with Gasteiger partial charge in [-0.25, -0.2) is 8.42 Å². The average molecular weight is 490 g/mol. The Kier molecular flexibility index (Phi) is 6.61. The number of sulfonamides is 1. The van der Waals surface area contributed by atoms with Crippen molar-refractivity contribution in [1.82, 2.24) is 19.1 Å². The molecule has 1 amide bonds. The Balaban J connectivity index is 1.16. The second-order valence-corrected chi connectivity index (χ2v) is 10.7. The summed E-state index contributed by atoms with van der Waals surface area (Å²) in [5.74, 6) is 0.142. The van der Waals surface area contributed by atoms with Gasteiger partial charge < -0.3 is 5.32 Å². The lowest BCUT2D eigenvalue weighted by molar-refractivity contribution is -0.120. The molecule has 1 saturated heterocycles. The zero-order valence-corrected chi connectivity index (χ0v) is 20.1. The maximum absolute atomic E-state index is 13.2. The van der Waals surface area contributed by atoms with E-state index in [1.807, 2.05) is 48.7 Å². The van der Waals surface area contributed by atoms with Crippen LogP contribution in [0.1, 0.15) is 18.4 Å². The van der Waals surface area contributed by atoms with Gasteiger partial charge in [0.05, 0.1) is 4.90 Å². The topological polar surface area (TPSA) is 97.2 Å². The molecular formula is C26H27N5O3S. The van der Waals surface area contributed by atoms with Crippen LogP contribution in [0, 0.1) is 5.92 Å². The number of carbonyl (C=O) groups excluding carboxylic acids is 1. The molecule has 0 atom stereocenters. The minimum atomic E-state index is -3.61. The first-order chi connectivity index (χ1) is 17.0. The minimum Gasteiger partial charge on any atom is -0.309 e. The molecule has 180 valence electrons. The van der Waals surface area contributed by atoms with E-state index in [1.165, 1.54) is 9.87 Å². The fourth-order valence-corrected chi connectivity index (χ4v) is 5.92. The van der Waals surface area contributed by atoms with Gasteiger partial charge in [0.25, 0.3) is 0 Å². The van der Waals surface area contributed by atoms with Gasteiger partial charge >= 0.3 is 0 Å². The predicted molar refractivity (Wildman–Crippen MR) is 134 cm³/mol. The van der Waals surface area contributed by atoms with Crippen LogP contribution in [0.2, 0.25) is 0 Å². The van der Waals surface area contributed by atoms with Crippen LogP contribution >= 0.6 is 0 Å². The van der Waals surface area contributed by atoms with E-state index < -0.39 is 10.0 Å². The Labute approximate surface area is 204 Å². The van der Waals surface area contributed by atoms with Crippen LogP contribution in [0.15, 0.2) is 84.1 Å². The van der Waals surface area contributed by atoms with Gasteiger partial charge in [0.15, 0.2) is 5.82 Å². The van der Waals surface area contributed by atoms with Crippen molar-refractivity contribution < 1.29 is 13.2 Å². The lowest BCUT2D eigenvalue weighted by Gasteiger charge is -2.30. The Morgan fingerprint density at radius 1 is 0.971 bits per heavy atom. The molecule has 0 spiro atoms. The first-order valence-electron chi connectivity index (χ1n) is 11.7. The lowest BCUT2D eigenvalue weighted by atomic mass is 9.97. The number of fused-ring (bicyclic) bond motifs is 1. The summed E-state index contributed by atoms with van der Waals surface area (Å²) < 4.78 is 29.6. The fourth-order valence-electron chi connectivity index (χ4n) is 4.41. The number of carbonyl (C=O) groups is 1. The van der Waals surface area contributed by atoms with Gasteiger partial charge in [0, 0.05) is 50.2 Å². The van der Waals surface area contributed by atoms with Crippen LogP contribution < -0.4 is 5.32 Å². The molecule has 35 heavy (non-hydrogen) atoms. The minimum absolute atomic E-state index is 0.118. The van der Waals surface area contributed by atoms with Crippen LogP contribution in [0.25, 0.3) is 10.8 Å². The highest BCUT2D eigenvalue weighted by Crippen LogP contribution is 2.27. The Morgan fingerprint density at radius 2 is 1.71 bits per heavy atom. The van der Waals surface area contributed by atoms with Gasteiger partial charge in [-0.15, -0.1) is 0 Å². The maximum Gasteiger partial charge on any atom is 0.243 e. The smallest absolute Gasteiger partial charge is 0.243 e. The van der Waals surface area contributed by atoms with Crippen molar-refractivity contribution in [1.29, 1.82) is 0 Å². The van der Waals surface area contributed by atoms with Crippen LogP contribution in [-0.2, 0) is 27.8 Å². The van der Waals surface area contributed by atoms with E-state index in [1.54, 1.807) is 35.3 Å². The predicted octanol–water partition coefficient (Wildman–Crippen LogP) is 3.71. The van der Waals surface area contributed by atoms with Crippen molar-refractivity contribution >= 4 is 32.5 Å². The summed E-state index contributed by atoms with van der Waals surface area (Å²) in [6.07, 6.45) is 7.14. The summed E-state index contributed by atoms with van der Waals surface area (Å²) >= 11 is 0. The van der Waals surface area contributed by atoms with Crippen molar-refractivity contribution in [2.45, 2.75) is 30.7 Å². The standard InChI is InChI=1S/C26H27N5O3S/c32-26(28-25-12-16-30(29-25)15-9-20-7-13-27-14-8-20)22-10-17-31(18-11-22)35(33,34)24-6-5-21-3-1-2-4-23(21)19-24/h1-8,12-14,16,19,22H,9-11,15,17-18H2,(H,28,29,32). The van der Waals surface area contributed by atoms with E-state index in [9.17, 15) is 13.2 Å². The molecule has 3 heterocycles. The number of aryl methyl sites for hydroxylation is 2. The number of anilines is 1. The van der Waals surface area contributed by atoms with Crippen LogP contribution in [0.4, 0.5) is 5.82 Å². The first-order valence-corrected chi connectivity index (χ1v) is 13.2. The molecule has 2 aromatic heterocycles. The van der Waals surface area contributed by atoms with Crippen LogP contribution in [-0.4, -0.2) is 46.5 Å². The maximum atomic E-state index is 13.2. The monoisotopic (exact) mass is 489 g/mol. The molecule has 0 saturated carbocycles. The largest absolute Gasteiger partial charge is 0.309 e. The van der Waals surface area contributed by atoms with E-state index in [0.29, 0.717) is 38.3 Å². The molecule has 5 rings (SSSR count). The summed E-state index contributed by atoms with van der Waals surface area (Å²) in [4.78, 5) is 17.1. The molecule has 1 fully saturated rings. The SMILES string of the molecule is O=C(Nc1ccn(CCc2ccncc2)n1)C1CCN(S(=O)(=O)c2ccc3ccccc3c2)CC1.